The van der Waals surface area contributed by atoms with Crippen LogP contribution < -0.4 is 5.32 Å². The molecule has 1 aliphatic rings. The highest BCUT2D eigenvalue weighted by molar-refractivity contribution is 7.10. The van der Waals surface area contributed by atoms with Gasteiger partial charge >= 0.3 is 0 Å². The molecule has 2 aromatic rings. The van der Waals surface area contributed by atoms with E-state index < -0.39 is 11.6 Å². The first kappa shape index (κ1) is 16.4. The number of piperazine rings is 1. The number of hydrogen-bond donors (Lipinski definition) is 1. The van der Waals surface area contributed by atoms with E-state index in [1.165, 1.54) is 12.1 Å². The number of thiophene rings is 1. The maximum absolute atomic E-state index is 13.5. The van der Waals surface area contributed by atoms with Crippen LogP contribution in [0.3, 0.4) is 0 Å². The van der Waals surface area contributed by atoms with Crippen molar-refractivity contribution in [2.24, 2.45) is 0 Å². The van der Waals surface area contributed by atoms with Crippen molar-refractivity contribution in [2.45, 2.75) is 6.04 Å². The van der Waals surface area contributed by atoms with Gasteiger partial charge in [-0.3, -0.25) is 4.90 Å². The molecule has 1 fully saturated rings. The van der Waals surface area contributed by atoms with E-state index >= 15 is 0 Å². The third kappa shape index (κ3) is 3.80. The zero-order valence-corrected chi connectivity index (χ0v) is 13.0. The molecule has 1 saturated heterocycles. The molecule has 1 aromatic heterocycles. The molecule has 1 N–H and O–H groups in total. The van der Waals surface area contributed by atoms with E-state index in [2.05, 4.69) is 10.2 Å². The van der Waals surface area contributed by atoms with Crippen LogP contribution in [0.2, 0.25) is 0 Å². The summed E-state index contributed by atoms with van der Waals surface area (Å²) in [4.78, 5) is 3.40. The Kier molecular flexibility index (Phi) is 5.70. The summed E-state index contributed by atoms with van der Waals surface area (Å²) in [5, 5.41) is 5.30. The van der Waals surface area contributed by atoms with Gasteiger partial charge in [-0.15, -0.1) is 23.7 Å². The Balaban J connectivity index is 0.00000161. The first-order valence-electron chi connectivity index (χ1n) is 6.68. The Labute approximate surface area is 133 Å². The molecule has 114 valence electrons. The van der Waals surface area contributed by atoms with Crippen molar-refractivity contribution in [2.75, 3.05) is 26.2 Å². The molecule has 2 heterocycles. The average molecular weight is 331 g/mol. The molecule has 6 heteroatoms. The second-order valence-corrected chi connectivity index (χ2v) is 5.89. The van der Waals surface area contributed by atoms with Gasteiger partial charge in [-0.05, 0) is 29.1 Å². The number of rotatable bonds is 3. The second-order valence-electron chi connectivity index (χ2n) is 4.91. The smallest absolute Gasteiger partial charge is 0.126 e. The summed E-state index contributed by atoms with van der Waals surface area (Å²) in [6.45, 7) is 3.56. The van der Waals surface area contributed by atoms with Gasteiger partial charge in [0.1, 0.15) is 11.6 Å². The quantitative estimate of drug-likeness (QED) is 0.927. The highest BCUT2D eigenvalue weighted by Gasteiger charge is 2.25. The lowest BCUT2D eigenvalue weighted by Gasteiger charge is -2.34. The van der Waals surface area contributed by atoms with E-state index in [1.54, 1.807) is 11.3 Å². The van der Waals surface area contributed by atoms with Crippen LogP contribution in [-0.4, -0.2) is 31.1 Å². The highest BCUT2D eigenvalue weighted by atomic mass is 35.5. The summed E-state index contributed by atoms with van der Waals surface area (Å²) in [5.74, 6) is -1.03. The maximum atomic E-state index is 13.5. The third-order valence-electron chi connectivity index (χ3n) is 3.53. The van der Waals surface area contributed by atoms with Gasteiger partial charge in [0.2, 0.25) is 0 Å². The monoisotopic (exact) mass is 330 g/mol. The fraction of sp³-hybridized carbons (Fsp3) is 0.333. The van der Waals surface area contributed by atoms with Crippen LogP contribution in [0.25, 0.3) is 0 Å². The maximum Gasteiger partial charge on any atom is 0.126 e. The van der Waals surface area contributed by atoms with Crippen LogP contribution in [0, 0.1) is 11.6 Å². The number of benzene rings is 1. The molecular weight excluding hydrogens is 314 g/mol. The molecule has 0 spiro atoms. The van der Waals surface area contributed by atoms with Gasteiger partial charge in [0, 0.05) is 37.1 Å². The van der Waals surface area contributed by atoms with E-state index in [4.69, 9.17) is 0 Å². The molecule has 0 amide bonds. The predicted molar refractivity (Wildman–Crippen MR) is 84.2 cm³/mol. The largest absolute Gasteiger partial charge is 0.314 e. The minimum Gasteiger partial charge on any atom is -0.314 e. The molecular formula is C15H17ClF2N2S. The zero-order chi connectivity index (χ0) is 13.9. The first-order chi connectivity index (χ1) is 9.74. The van der Waals surface area contributed by atoms with E-state index in [9.17, 15) is 8.78 Å². The molecule has 0 radical (unpaired) electrons. The van der Waals surface area contributed by atoms with Gasteiger partial charge in [0.15, 0.2) is 0 Å². The summed E-state index contributed by atoms with van der Waals surface area (Å²) in [6.07, 6.45) is 0. The molecule has 1 aromatic carbocycles. The molecule has 0 saturated carbocycles. The first-order valence-corrected chi connectivity index (χ1v) is 7.56. The average Bonchev–Trinajstić information content (AvgIpc) is 2.93. The third-order valence-corrected chi connectivity index (χ3v) is 4.45. The van der Waals surface area contributed by atoms with Crippen LogP contribution in [-0.2, 0) is 0 Å². The van der Waals surface area contributed by atoms with E-state index in [0.29, 0.717) is 5.56 Å². The summed E-state index contributed by atoms with van der Waals surface area (Å²) in [6, 6.07) is 7.74. The Morgan fingerprint density at radius 3 is 2.33 bits per heavy atom. The van der Waals surface area contributed by atoms with E-state index in [-0.39, 0.29) is 18.4 Å². The lowest BCUT2D eigenvalue weighted by molar-refractivity contribution is 0.200. The molecule has 0 unspecified atom stereocenters. The van der Waals surface area contributed by atoms with Crippen molar-refractivity contribution >= 4 is 23.7 Å². The Morgan fingerprint density at radius 2 is 1.76 bits per heavy atom. The van der Waals surface area contributed by atoms with Crippen LogP contribution in [0.1, 0.15) is 16.5 Å². The van der Waals surface area contributed by atoms with Crippen LogP contribution in [0.5, 0.6) is 0 Å². The van der Waals surface area contributed by atoms with Crippen molar-refractivity contribution in [3.05, 3.63) is 57.8 Å². The van der Waals surface area contributed by atoms with Crippen LogP contribution in [0.15, 0.2) is 35.7 Å². The fourth-order valence-electron chi connectivity index (χ4n) is 2.68. The molecule has 0 aliphatic carbocycles. The normalized spacial score (nSPS) is 17.2. The zero-order valence-electron chi connectivity index (χ0n) is 11.4. The van der Waals surface area contributed by atoms with Gasteiger partial charge < -0.3 is 5.32 Å². The van der Waals surface area contributed by atoms with Gasteiger partial charge in [0.25, 0.3) is 0 Å². The lowest BCUT2D eigenvalue weighted by Crippen LogP contribution is -2.45. The van der Waals surface area contributed by atoms with Crippen molar-refractivity contribution in [1.29, 1.82) is 0 Å². The van der Waals surface area contributed by atoms with E-state index in [1.807, 2.05) is 17.5 Å². The van der Waals surface area contributed by atoms with Crippen LogP contribution >= 0.6 is 23.7 Å². The highest BCUT2D eigenvalue weighted by Crippen LogP contribution is 2.32. The minimum absolute atomic E-state index is 0. The standard InChI is InChI=1S/C15H16F2N2S.ClH/c16-12-8-11(9-13(17)10-12)15(14-2-1-7-20-14)19-5-3-18-4-6-19;/h1-2,7-10,15,18H,3-6H2;1H/t15-;/m0./s1. The van der Waals surface area contributed by atoms with Gasteiger partial charge in [-0.2, -0.15) is 0 Å². The Morgan fingerprint density at radius 1 is 1.10 bits per heavy atom. The summed E-state index contributed by atoms with van der Waals surface area (Å²) in [7, 11) is 0. The summed E-state index contributed by atoms with van der Waals surface area (Å²) in [5.41, 5.74) is 0.687. The van der Waals surface area contributed by atoms with Crippen molar-refractivity contribution < 1.29 is 8.78 Å². The Bertz CT molecular complexity index is 551. The van der Waals surface area contributed by atoms with Crippen molar-refractivity contribution in [3.8, 4) is 0 Å². The topological polar surface area (TPSA) is 15.3 Å². The summed E-state index contributed by atoms with van der Waals surface area (Å²) < 4.78 is 27.1. The molecule has 1 aliphatic heterocycles. The minimum atomic E-state index is -0.517. The van der Waals surface area contributed by atoms with Crippen LogP contribution in [0.4, 0.5) is 8.78 Å². The van der Waals surface area contributed by atoms with Crippen molar-refractivity contribution in [3.63, 3.8) is 0 Å². The fourth-order valence-corrected chi connectivity index (χ4v) is 3.56. The number of nitrogens with zero attached hydrogens (tertiary/aromatic N) is 1. The van der Waals surface area contributed by atoms with Crippen molar-refractivity contribution in [1.82, 2.24) is 10.2 Å². The molecule has 3 rings (SSSR count). The van der Waals surface area contributed by atoms with Gasteiger partial charge in [-0.1, -0.05) is 6.07 Å². The predicted octanol–water partition coefficient (Wildman–Crippen LogP) is 3.44. The van der Waals surface area contributed by atoms with Gasteiger partial charge in [-0.25, -0.2) is 8.78 Å². The lowest BCUT2D eigenvalue weighted by atomic mass is 10.0. The summed E-state index contributed by atoms with van der Waals surface area (Å²) >= 11 is 1.62. The van der Waals surface area contributed by atoms with Gasteiger partial charge in [0.05, 0.1) is 6.04 Å². The molecule has 21 heavy (non-hydrogen) atoms. The SMILES string of the molecule is Cl.Fc1cc(F)cc([C@@H](c2cccs2)N2CCNCC2)c1. The number of hydrogen-bond acceptors (Lipinski definition) is 3. The second kappa shape index (κ2) is 7.31. The molecule has 0 bridgehead atoms. The molecule has 1 atom stereocenters. The number of halogens is 3. The Hall–Kier alpha value is -1.01. The molecule has 2 nitrogen and oxygen atoms in total. The number of nitrogens with one attached hydrogen (secondary N) is 1. The van der Waals surface area contributed by atoms with E-state index in [0.717, 1.165) is 37.1 Å².